The van der Waals surface area contributed by atoms with Crippen LogP contribution in [-0.4, -0.2) is 36.4 Å². The van der Waals surface area contributed by atoms with E-state index in [0.717, 1.165) is 0 Å². The van der Waals surface area contributed by atoms with Crippen LogP contribution in [0.25, 0.3) is 0 Å². The van der Waals surface area contributed by atoms with Crippen LogP contribution in [0.4, 0.5) is 5.69 Å². The molecule has 0 spiro atoms. The summed E-state index contributed by atoms with van der Waals surface area (Å²) in [6, 6.07) is 8.15. The molecule has 2 rings (SSSR count). The molecule has 2 N–H and O–H groups in total. The van der Waals surface area contributed by atoms with Crippen molar-refractivity contribution >= 4 is 17.8 Å². The molecular weight excluding hydrogens is 330 g/mol. The smallest absolute Gasteiger partial charge is 0.271 e. The zero-order valence-electron chi connectivity index (χ0n) is 13.4. The molecule has 0 aliphatic carbocycles. The molecule has 0 aromatic heterocycles. The molecule has 25 heavy (non-hydrogen) atoms. The topological polar surface area (TPSA) is 123 Å². The second kappa shape index (κ2) is 7.77. The van der Waals surface area contributed by atoms with Gasteiger partial charge in [0.25, 0.3) is 11.6 Å². The number of nitrogens with zero attached hydrogens (tertiary/aromatic N) is 2. The molecule has 0 saturated carbocycles. The molecule has 0 saturated heterocycles. The number of hydrogen-bond donors (Lipinski definition) is 2. The van der Waals surface area contributed by atoms with E-state index >= 15 is 0 Å². The van der Waals surface area contributed by atoms with E-state index in [4.69, 9.17) is 9.47 Å². The molecule has 2 aromatic carbocycles. The van der Waals surface area contributed by atoms with Gasteiger partial charge in [-0.3, -0.25) is 14.9 Å². The van der Waals surface area contributed by atoms with E-state index in [0.29, 0.717) is 5.56 Å². The first-order chi connectivity index (χ1) is 12.0. The van der Waals surface area contributed by atoms with Crippen molar-refractivity contribution in [3.05, 3.63) is 57.6 Å². The minimum atomic E-state index is -0.550. The molecule has 0 atom stereocenters. The quantitative estimate of drug-likeness (QED) is 0.469. The summed E-state index contributed by atoms with van der Waals surface area (Å²) in [6.07, 6.45) is 1.34. The highest BCUT2D eigenvalue weighted by molar-refractivity contribution is 5.95. The molecule has 0 heterocycles. The Kier molecular flexibility index (Phi) is 5.51. The molecular formula is C16H15N3O6. The van der Waals surface area contributed by atoms with Gasteiger partial charge in [-0.25, -0.2) is 5.43 Å². The van der Waals surface area contributed by atoms with Gasteiger partial charge in [0, 0.05) is 23.3 Å². The lowest BCUT2D eigenvalue weighted by molar-refractivity contribution is -0.384. The van der Waals surface area contributed by atoms with Crippen LogP contribution >= 0.6 is 0 Å². The second-order valence-electron chi connectivity index (χ2n) is 4.78. The number of methoxy groups -OCH3 is 2. The third-order valence-corrected chi connectivity index (χ3v) is 3.22. The van der Waals surface area contributed by atoms with Crippen LogP contribution in [0.15, 0.2) is 41.5 Å². The van der Waals surface area contributed by atoms with E-state index in [1.54, 1.807) is 0 Å². The average molecular weight is 345 g/mol. The summed E-state index contributed by atoms with van der Waals surface area (Å²) in [4.78, 5) is 22.0. The van der Waals surface area contributed by atoms with Crippen molar-refractivity contribution in [2.45, 2.75) is 0 Å². The number of nitrogens with one attached hydrogen (secondary N) is 1. The van der Waals surface area contributed by atoms with Crippen molar-refractivity contribution in [2.75, 3.05) is 14.2 Å². The van der Waals surface area contributed by atoms with E-state index in [2.05, 4.69) is 10.5 Å². The molecule has 0 unspecified atom stereocenters. The van der Waals surface area contributed by atoms with Crippen LogP contribution < -0.4 is 14.9 Å². The predicted molar refractivity (Wildman–Crippen MR) is 89.4 cm³/mol. The van der Waals surface area contributed by atoms with Crippen LogP contribution in [0.3, 0.4) is 0 Å². The number of rotatable bonds is 6. The molecule has 0 aliphatic heterocycles. The van der Waals surface area contributed by atoms with Crippen LogP contribution in [0, 0.1) is 10.1 Å². The zero-order chi connectivity index (χ0) is 18.4. The number of carbonyl (C=O) groups excluding carboxylic acids is 1. The Bertz CT molecular complexity index is 792. The highest BCUT2D eigenvalue weighted by Gasteiger charge is 2.11. The third-order valence-electron chi connectivity index (χ3n) is 3.22. The summed E-state index contributed by atoms with van der Waals surface area (Å²) in [6.45, 7) is 0. The Hall–Kier alpha value is -3.62. The summed E-state index contributed by atoms with van der Waals surface area (Å²) < 4.78 is 10.0. The highest BCUT2D eigenvalue weighted by Crippen LogP contribution is 2.36. The van der Waals surface area contributed by atoms with Crippen molar-refractivity contribution in [1.29, 1.82) is 0 Å². The Morgan fingerprint density at radius 1 is 1.20 bits per heavy atom. The molecule has 0 fully saturated rings. The molecule has 9 nitrogen and oxygen atoms in total. The van der Waals surface area contributed by atoms with Gasteiger partial charge in [0.1, 0.15) is 0 Å². The maximum Gasteiger partial charge on any atom is 0.271 e. The van der Waals surface area contributed by atoms with Gasteiger partial charge in [-0.05, 0) is 24.3 Å². The maximum atomic E-state index is 11.9. The van der Waals surface area contributed by atoms with Crippen molar-refractivity contribution in [1.82, 2.24) is 5.43 Å². The van der Waals surface area contributed by atoms with Gasteiger partial charge in [0.15, 0.2) is 11.5 Å². The standard InChI is InChI=1S/C16H15N3O6/c1-24-13-7-10(8-14(25-2)15(13)20)9-17-18-16(21)11-3-5-12(6-4-11)19(22)23/h3-9,20H,1-2H3,(H,18,21). The van der Waals surface area contributed by atoms with Gasteiger partial charge in [-0.2, -0.15) is 5.10 Å². The van der Waals surface area contributed by atoms with Crippen molar-refractivity contribution in [3.8, 4) is 17.2 Å². The Balaban J connectivity index is 2.10. The number of aromatic hydroxyl groups is 1. The van der Waals surface area contributed by atoms with Gasteiger partial charge in [-0.1, -0.05) is 0 Å². The van der Waals surface area contributed by atoms with Crippen molar-refractivity contribution in [3.63, 3.8) is 0 Å². The summed E-state index contributed by atoms with van der Waals surface area (Å²) in [5, 5.41) is 24.2. The lowest BCUT2D eigenvalue weighted by Gasteiger charge is -2.09. The normalized spacial score (nSPS) is 10.5. The Morgan fingerprint density at radius 2 is 1.76 bits per heavy atom. The molecule has 0 bridgehead atoms. The molecule has 9 heteroatoms. The van der Waals surface area contributed by atoms with E-state index in [9.17, 15) is 20.0 Å². The molecule has 0 aliphatic rings. The molecule has 0 radical (unpaired) electrons. The lowest BCUT2D eigenvalue weighted by atomic mass is 10.2. The third kappa shape index (κ3) is 4.22. The second-order valence-corrected chi connectivity index (χ2v) is 4.78. The van der Waals surface area contributed by atoms with Crippen molar-refractivity contribution in [2.24, 2.45) is 5.10 Å². The number of phenolic OH excluding ortho intramolecular Hbond substituents is 1. The fraction of sp³-hybridized carbons (Fsp3) is 0.125. The number of hydrazone groups is 1. The summed E-state index contributed by atoms with van der Waals surface area (Å²) >= 11 is 0. The molecule has 1 amide bonds. The number of carbonyl (C=O) groups is 1. The summed E-state index contributed by atoms with van der Waals surface area (Å²) in [5.74, 6) is -0.272. The van der Waals surface area contributed by atoms with Crippen LogP contribution in [-0.2, 0) is 0 Å². The molecule has 130 valence electrons. The number of ether oxygens (including phenoxy) is 2. The SMILES string of the molecule is COc1cc(C=NNC(=O)c2ccc([N+](=O)[O-])cc2)cc(OC)c1O. The van der Waals surface area contributed by atoms with Gasteiger partial charge >= 0.3 is 0 Å². The average Bonchev–Trinajstić information content (AvgIpc) is 2.62. The highest BCUT2D eigenvalue weighted by atomic mass is 16.6. The van der Waals surface area contributed by atoms with E-state index in [1.807, 2.05) is 0 Å². The Labute approximate surface area is 142 Å². The first-order valence-corrected chi connectivity index (χ1v) is 6.99. The predicted octanol–water partition coefficient (Wildman–Crippen LogP) is 2.08. The minimum absolute atomic E-state index is 0.108. The van der Waals surface area contributed by atoms with E-state index < -0.39 is 10.8 Å². The summed E-state index contributed by atoms with van der Waals surface area (Å²) in [5.41, 5.74) is 2.94. The van der Waals surface area contributed by atoms with E-state index in [1.165, 1.54) is 56.8 Å². The lowest BCUT2D eigenvalue weighted by Crippen LogP contribution is -2.17. The van der Waals surface area contributed by atoms with Crippen LogP contribution in [0.5, 0.6) is 17.2 Å². The number of nitro groups is 1. The minimum Gasteiger partial charge on any atom is -0.502 e. The van der Waals surface area contributed by atoms with Crippen molar-refractivity contribution < 1.29 is 24.3 Å². The zero-order valence-corrected chi connectivity index (χ0v) is 13.4. The van der Waals surface area contributed by atoms with Gasteiger partial charge in [0.05, 0.1) is 25.4 Å². The maximum absolute atomic E-state index is 11.9. The Morgan fingerprint density at radius 3 is 2.24 bits per heavy atom. The number of nitro benzene ring substituents is 1. The van der Waals surface area contributed by atoms with Gasteiger partial charge < -0.3 is 14.6 Å². The number of hydrogen-bond acceptors (Lipinski definition) is 7. The van der Waals surface area contributed by atoms with Gasteiger partial charge in [0.2, 0.25) is 5.75 Å². The number of amides is 1. The fourth-order valence-corrected chi connectivity index (χ4v) is 1.95. The first-order valence-electron chi connectivity index (χ1n) is 6.99. The largest absolute Gasteiger partial charge is 0.502 e. The summed E-state index contributed by atoms with van der Waals surface area (Å²) in [7, 11) is 2.79. The van der Waals surface area contributed by atoms with Crippen LogP contribution in [0.1, 0.15) is 15.9 Å². The van der Waals surface area contributed by atoms with Gasteiger partial charge in [-0.15, -0.1) is 0 Å². The number of non-ortho nitro benzene ring substituents is 1. The number of benzene rings is 2. The fourth-order valence-electron chi connectivity index (χ4n) is 1.95. The van der Waals surface area contributed by atoms with Crippen LogP contribution in [0.2, 0.25) is 0 Å². The first kappa shape index (κ1) is 17.7. The molecule has 2 aromatic rings. The monoisotopic (exact) mass is 345 g/mol. The number of phenols is 1. The van der Waals surface area contributed by atoms with E-state index in [-0.39, 0.29) is 28.5 Å².